The molecule has 1 N–H and O–H groups in total. The van der Waals surface area contributed by atoms with Crippen LogP contribution in [-0.2, 0) is 9.59 Å². The molecule has 2 amide bonds. The van der Waals surface area contributed by atoms with Gasteiger partial charge in [0.15, 0.2) is 0 Å². The first-order valence-corrected chi connectivity index (χ1v) is 5.29. The highest BCUT2D eigenvalue weighted by molar-refractivity contribution is 6.00. The molecule has 0 radical (unpaired) electrons. The predicted octanol–water partition coefficient (Wildman–Crippen LogP) is 0.785. The number of hydrogen-bond acceptors (Lipinski definition) is 2. The van der Waals surface area contributed by atoms with Gasteiger partial charge in [-0.15, -0.1) is 0 Å². The number of amides is 2. The zero-order chi connectivity index (χ0) is 11.5. The average Bonchev–Trinajstić information content (AvgIpc) is 2.71. The van der Waals surface area contributed by atoms with Crippen molar-refractivity contribution in [3.05, 3.63) is 30.3 Å². The van der Waals surface area contributed by atoms with E-state index in [1.807, 2.05) is 30.3 Å². The third-order valence-electron chi connectivity index (χ3n) is 2.81. The zero-order valence-corrected chi connectivity index (χ0v) is 9.14. The molecule has 4 nitrogen and oxygen atoms in total. The number of carbonyl (C=O) groups excluding carboxylic acids is 2. The van der Waals surface area contributed by atoms with E-state index in [0.717, 1.165) is 5.69 Å². The Hall–Kier alpha value is -1.84. The standard InChI is InChI=1S/C12H14N2O2/c1-13-12(16)9-7-11(15)14(8-9)10-5-3-2-4-6-10/h2-6,9H,7-8H2,1H3,(H,13,16)/t9-/m1/s1. The largest absolute Gasteiger partial charge is 0.359 e. The second-order valence-corrected chi connectivity index (χ2v) is 3.86. The number of para-hydroxylation sites is 1. The summed E-state index contributed by atoms with van der Waals surface area (Å²) in [4.78, 5) is 24.9. The summed E-state index contributed by atoms with van der Waals surface area (Å²) in [6.45, 7) is 0.475. The lowest BCUT2D eigenvalue weighted by Crippen LogP contribution is -2.30. The Morgan fingerprint density at radius 1 is 1.38 bits per heavy atom. The van der Waals surface area contributed by atoms with E-state index in [0.29, 0.717) is 13.0 Å². The Bertz CT molecular complexity index is 403. The average molecular weight is 218 g/mol. The molecule has 0 bridgehead atoms. The van der Waals surface area contributed by atoms with Crippen LogP contribution in [0.5, 0.6) is 0 Å². The third-order valence-corrected chi connectivity index (χ3v) is 2.81. The van der Waals surface area contributed by atoms with E-state index in [9.17, 15) is 9.59 Å². The minimum absolute atomic E-state index is 0.0137. The van der Waals surface area contributed by atoms with Crippen LogP contribution in [-0.4, -0.2) is 25.4 Å². The molecule has 1 aromatic rings. The fourth-order valence-corrected chi connectivity index (χ4v) is 1.94. The maximum absolute atomic E-state index is 11.8. The van der Waals surface area contributed by atoms with Gasteiger partial charge in [0.25, 0.3) is 0 Å². The first kappa shape index (κ1) is 10.7. The minimum atomic E-state index is -0.224. The molecule has 0 unspecified atom stereocenters. The first-order valence-electron chi connectivity index (χ1n) is 5.29. The minimum Gasteiger partial charge on any atom is -0.359 e. The summed E-state index contributed by atoms with van der Waals surface area (Å²) in [5.74, 6) is -0.274. The molecule has 4 heteroatoms. The fourth-order valence-electron chi connectivity index (χ4n) is 1.94. The van der Waals surface area contributed by atoms with Crippen molar-refractivity contribution >= 4 is 17.5 Å². The Kier molecular flexibility index (Phi) is 2.90. The highest BCUT2D eigenvalue weighted by Crippen LogP contribution is 2.24. The molecular weight excluding hydrogens is 204 g/mol. The summed E-state index contributed by atoms with van der Waals surface area (Å²) >= 11 is 0. The van der Waals surface area contributed by atoms with Crippen LogP contribution in [0.15, 0.2) is 30.3 Å². The highest BCUT2D eigenvalue weighted by atomic mass is 16.2. The number of carbonyl (C=O) groups is 2. The maximum atomic E-state index is 11.8. The van der Waals surface area contributed by atoms with E-state index in [4.69, 9.17) is 0 Å². The summed E-state index contributed by atoms with van der Waals surface area (Å²) < 4.78 is 0. The van der Waals surface area contributed by atoms with Crippen molar-refractivity contribution in [3.63, 3.8) is 0 Å². The topological polar surface area (TPSA) is 49.4 Å². The highest BCUT2D eigenvalue weighted by Gasteiger charge is 2.34. The summed E-state index contributed by atoms with van der Waals surface area (Å²) in [6.07, 6.45) is 0.300. The van der Waals surface area contributed by atoms with Crippen LogP contribution in [0.3, 0.4) is 0 Å². The van der Waals surface area contributed by atoms with Crippen LogP contribution in [0, 0.1) is 5.92 Å². The molecule has 1 atom stereocenters. The molecule has 0 aliphatic carbocycles. The van der Waals surface area contributed by atoms with Crippen LogP contribution in [0.4, 0.5) is 5.69 Å². The lowest BCUT2D eigenvalue weighted by molar-refractivity contribution is -0.125. The number of benzene rings is 1. The van der Waals surface area contributed by atoms with E-state index in [-0.39, 0.29) is 17.7 Å². The van der Waals surface area contributed by atoms with Crippen molar-refractivity contribution in [2.75, 3.05) is 18.5 Å². The van der Waals surface area contributed by atoms with Gasteiger partial charge in [-0.2, -0.15) is 0 Å². The second kappa shape index (κ2) is 4.35. The molecule has 84 valence electrons. The van der Waals surface area contributed by atoms with Gasteiger partial charge >= 0.3 is 0 Å². The molecular formula is C12H14N2O2. The van der Waals surface area contributed by atoms with Crippen LogP contribution in [0.2, 0.25) is 0 Å². The fraction of sp³-hybridized carbons (Fsp3) is 0.333. The van der Waals surface area contributed by atoms with Gasteiger partial charge in [0.2, 0.25) is 11.8 Å². The number of hydrogen-bond donors (Lipinski definition) is 1. The molecule has 1 aliphatic heterocycles. The van der Waals surface area contributed by atoms with Crippen LogP contribution < -0.4 is 10.2 Å². The summed E-state index contributed by atoms with van der Waals surface area (Å²) in [5.41, 5.74) is 0.860. The quantitative estimate of drug-likeness (QED) is 0.797. The monoisotopic (exact) mass is 218 g/mol. The molecule has 16 heavy (non-hydrogen) atoms. The summed E-state index contributed by atoms with van der Waals surface area (Å²) in [7, 11) is 1.60. The van der Waals surface area contributed by atoms with Gasteiger partial charge in [-0.05, 0) is 12.1 Å². The molecule has 1 heterocycles. The van der Waals surface area contributed by atoms with E-state index in [1.165, 1.54) is 0 Å². The number of anilines is 1. The normalized spacial score (nSPS) is 19.9. The molecule has 2 rings (SSSR count). The van der Waals surface area contributed by atoms with E-state index in [1.54, 1.807) is 11.9 Å². The SMILES string of the molecule is CNC(=O)[C@@H]1CC(=O)N(c2ccccc2)C1. The van der Waals surface area contributed by atoms with Crippen molar-refractivity contribution in [2.45, 2.75) is 6.42 Å². The zero-order valence-electron chi connectivity index (χ0n) is 9.14. The smallest absolute Gasteiger partial charge is 0.227 e. The Balaban J connectivity index is 2.14. The lowest BCUT2D eigenvalue weighted by Gasteiger charge is -2.16. The van der Waals surface area contributed by atoms with Gasteiger partial charge in [-0.1, -0.05) is 18.2 Å². The second-order valence-electron chi connectivity index (χ2n) is 3.86. The van der Waals surface area contributed by atoms with Crippen molar-refractivity contribution in [2.24, 2.45) is 5.92 Å². The molecule has 1 aliphatic rings. The third kappa shape index (κ3) is 1.91. The summed E-state index contributed by atoms with van der Waals surface area (Å²) in [6, 6.07) is 9.43. The lowest BCUT2D eigenvalue weighted by atomic mass is 10.1. The molecule has 1 fully saturated rings. The van der Waals surface area contributed by atoms with Gasteiger partial charge in [0.1, 0.15) is 0 Å². The van der Waals surface area contributed by atoms with E-state index >= 15 is 0 Å². The van der Waals surface area contributed by atoms with E-state index < -0.39 is 0 Å². The van der Waals surface area contributed by atoms with E-state index in [2.05, 4.69) is 5.32 Å². The van der Waals surface area contributed by atoms with Gasteiger partial charge < -0.3 is 10.2 Å². The van der Waals surface area contributed by atoms with Gasteiger partial charge in [0, 0.05) is 25.7 Å². The van der Waals surface area contributed by atoms with Gasteiger partial charge in [0.05, 0.1) is 5.92 Å². The predicted molar refractivity (Wildman–Crippen MR) is 61.0 cm³/mol. The maximum Gasteiger partial charge on any atom is 0.227 e. The van der Waals surface area contributed by atoms with Crippen molar-refractivity contribution in [1.82, 2.24) is 5.32 Å². The van der Waals surface area contributed by atoms with Gasteiger partial charge in [-0.3, -0.25) is 9.59 Å². The molecule has 0 saturated carbocycles. The van der Waals surface area contributed by atoms with Crippen LogP contribution >= 0.6 is 0 Å². The Morgan fingerprint density at radius 3 is 2.69 bits per heavy atom. The Morgan fingerprint density at radius 2 is 2.06 bits per heavy atom. The summed E-state index contributed by atoms with van der Waals surface area (Å²) in [5, 5.41) is 2.58. The molecule has 0 spiro atoms. The molecule has 0 aromatic heterocycles. The molecule has 1 aromatic carbocycles. The van der Waals surface area contributed by atoms with Crippen LogP contribution in [0.25, 0.3) is 0 Å². The molecule has 1 saturated heterocycles. The van der Waals surface area contributed by atoms with Gasteiger partial charge in [-0.25, -0.2) is 0 Å². The first-order chi connectivity index (χ1) is 7.72. The van der Waals surface area contributed by atoms with Crippen molar-refractivity contribution < 1.29 is 9.59 Å². The number of nitrogens with zero attached hydrogens (tertiary/aromatic N) is 1. The van der Waals surface area contributed by atoms with Crippen LogP contribution in [0.1, 0.15) is 6.42 Å². The number of rotatable bonds is 2. The van der Waals surface area contributed by atoms with Crippen molar-refractivity contribution in [1.29, 1.82) is 0 Å². The number of nitrogens with one attached hydrogen (secondary N) is 1. The Labute approximate surface area is 94.2 Å². The van der Waals surface area contributed by atoms with Crippen molar-refractivity contribution in [3.8, 4) is 0 Å².